The van der Waals surface area contributed by atoms with Crippen LogP contribution in [0.2, 0.25) is 5.15 Å². The Hall–Kier alpha value is -1.00. The Morgan fingerprint density at radius 2 is 2.40 bits per heavy atom. The molecular weight excluding hydrogens is 279 g/mol. The van der Waals surface area contributed by atoms with E-state index in [2.05, 4.69) is 26.2 Å². The minimum atomic E-state index is 0.460. The lowest BCUT2D eigenvalue weighted by Gasteiger charge is -2.06. The van der Waals surface area contributed by atoms with E-state index in [1.54, 1.807) is 18.7 Å². The van der Waals surface area contributed by atoms with Gasteiger partial charge >= 0.3 is 0 Å². The second kappa shape index (κ2) is 4.68. The molecule has 0 amide bonds. The predicted octanol–water partition coefficient (Wildman–Crippen LogP) is 3.70. The van der Waals surface area contributed by atoms with Gasteiger partial charge in [0.25, 0.3) is 0 Å². The van der Waals surface area contributed by atoms with Crippen LogP contribution < -0.4 is 5.32 Å². The molecule has 0 aromatic carbocycles. The third-order valence-corrected chi connectivity index (χ3v) is 2.60. The van der Waals surface area contributed by atoms with Crippen LogP contribution in [-0.4, -0.2) is 4.98 Å². The molecule has 0 spiro atoms. The van der Waals surface area contributed by atoms with Gasteiger partial charge in [0.1, 0.15) is 0 Å². The number of anilines is 1. The first-order chi connectivity index (χ1) is 7.25. The number of rotatable bonds is 3. The van der Waals surface area contributed by atoms with Gasteiger partial charge in [-0.1, -0.05) is 11.6 Å². The van der Waals surface area contributed by atoms with Gasteiger partial charge < -0.3 is 9.73 Å². The molecule has 0 unspecified atom stereocenters. The van der Waals surface area contributed by atoms with Crippen LogP contribution in [0, 0.1) is 0 Å². The molecule has 0 radical (unpaired) electrons. The summed E-state index contributed by atoms with van der Waals surface area (Å²) in [5.41, 5.74) is 1.86. The first-order valence-electron chi connectivity index (χ1n) is 4.31. The van der Waals surface area contributed by atoms with E-state index in [4.69, 9.17) is 16.0 Å². The Labute approximate surface area is 101 Å². The van der Waals surface area contributed by atoms with Gasteiger partial charge in [0.15, 0.2) is 5.15 Å². The van der Waals surface area contributed by atoms with Crippen LogP contribution in [0.15, 0.2) is 39.7 Å². The summed E-state index contributed by atoms with van der Waals surface area (Å²) in [6.45, 7) is 0.661. The maximum atomic E-state index is 5.92. The lowest BCUT2D eigenvalue weighted by molar-refractivity contribution is 0.564. The average molecular weight is 288 g/mol. The van der Waals surface area contributed by atoms with E-state index < -0.39 is 0 Å². The molecule has 0 aliphatic carbocycles. The zero-order valence-electron chi connectivity index (χ0n) is 7.71. The van der Waals surface area contributed by atoms with E-state index in [0.717, 1.165) is 15.7 Å². The maximum absolute atomic E-state index is 5.92. The fraction of sp³-hybridized carbons (Fsp3) is 0.100. The van der Waals surface area contributed by atoms with Crippen molar-refractivity contribution in [3.8, 4) is 0 Å². The summed E-state index contributed by atoms with van der Waals surface area (Å²) in [7, 11) is 0. The number of halogens is 2. The fourth-order valence-corrected chi connectivity index (χ4v) is 1.64. The molecule has 5 heteroatoms. The molecule has 2 aromatic rings. The van der Waals surface area contributed by atoms with Gasteiger partial charge in [0, 0.05) is 22.8 Å². The Balaban J connectivity index is 2.07. The van der Waals surface area contributed by atoms with Crippen molar-refractivity contribution in [1.82, 2.24) is 4.98 Å². The second-order valence-corrected chi connectivity index (χ2v) is 4.25. The standard InChI is InChI=1S/C10H8BrClN2O/c11-8-3-9(10(12)14-5-8)13-4-7-1-2-15-6-7/h1-3,5-6,13H,4H2. The van der Waals surface area contributed by atoms with Gasteiger partial charge in [-0.2, -0.15) is 0 Å². The number of pyridine rings is 1. The van der Waals surface area contributed by atoms with Crippen LogP contribution in [0.1, 0.15) is 5.56 Å². The highest BCUT2D eigenvalue weighted by Gasteiger charge is 2.02. The summed E-state index contributed by atoms with van der Waals surface area (Å²) < 4.78 is 5.85. The third kappa shape index (κ3) is 2.73. The van der Waals surface area contributed by atoms with Crippen LogP contribution >= 0.6 is 27.5 Å². The lowest BCUT2D eigenvalue weighted by atomic mass is 10.3. The van der Waals surface area contributed by atoms with E-state index in [1.807, 2.05) is 12.1 Å². The van der Waals surface area contributed by atoms with Crippen LogP contribution in [0.3, 0.4) is 0 Å². The summed E-state index contributed by atoms with van der Waals surface area (Å²) >= 11 is 9.25. The SMILES string of the molecule is Clc1ncc(Br)cc1NCc1ccoc1. The van der Waals surface area contributed by atoms with Crippen molar-refractivity contribution in [1.29, 1.82) is 0 Å². The predicted molar refractivity (Wildman–Crippen MR) is 63.0 cm³/mol. The van der Waals surface area contributed by atoms with E-state index >= 15 is 0 Å². The third-order valence-electron chi connectivity index (χ3n) is 1.87. The smallest absolute Gasteiger partial charge is 0.152 e. The quantitative estimate of drug-likeness (QED) is 0.875. The number of aromatic nitrogens is 1. The number of nitrogens with zero attached hydrogens (tertiary/aromatic N) is 1. The molecule has 1 N–H and O–H groups in total. The normalized spacial score (nSPS) is 10.3. The number of nitrogens with one attached hydrogen (secondary N) is 1. The Morgan fingerprint density at radius 3 is 3.13 bits per heavy atom. The highest BCUT2D eigenvalue weighted by Crippen LogP contribution is 2.23. The molecule has 0 aliphatic rings. The molecule has 0 saturated carbocycles. The zero-order valence-corrected chi connectivity index (χ0v) is 10.0. The van der Waals surface area contributed by atoms with Gasteiger partial charge in [-0.05, 0) is 28.1 Å². The zero-order chi connectivity index (χ0) is 10.7. The van der Waals surface area contributed by atoms with Crippen molar-refractivity contribution in [2.45, 2.75) is 6.54 Å². The number of furan rings is 1. The summed E-state index contributed by atoms with van der Waals surface area (Å²) in [6, 6.07) is 3.78. The van der Waals surface area contributed by atoms with Crippen molar-refractivity contribution < 1.29 is 4.42 Å². The Kier molecular flexibility index (Phi) is 3.28. The van der Waals surface area contributed by atoms with Gasteiger partial charge in [-0.15, -0.1) is 0 Å². The maximum Gasteiger partial charge on any atom is 0.152 e. The molecule has 0 bridgehead atoms. The topological polar surface area (TPSA) is 38.1 Å². The largest absolute Gasteiger partial charge is 0.472 e. The molecule has 2 heterocycles. The molecule has 3 nitrogen and oxygen atoms in total. The van der Waals surface area contributed by atoms with Crippen LogP contribution in [-0.2, 0) is 6.54 Å². The van der Waals surface area contributed by atoms with Crippen LogP contribution in [0.25, 0.3) is 0 Å². The molecule has 78 valence electrons. The molecule has 0 saturated heterocycles. The first-order valence-corrected chi connectivity index (χ1v) is 5.49. The Morgan fingerprint density at radius 1 is 1.53 bits per heavy atom. The lowest BCUT2D eigenvalue weighted by Crippen LogP contribution is -1.99. The minimum absolute atomic E-state index is 0.460. The highest BCUT2D eigenvalue weighted by atomic mass is 79.9. The molecule has 0 atom stereocenters. The van der Waals surface area contributed by atoms with E-state index in [0.29, 0.717) is 11.7 Å². The Bertz CT molecular complexity index is 445. The van der Waals surface area contributed by atoms with Crippen molar-refractivity contribution >= 4 is 33.2 Å². The van der Waals surface area contributed by atoms with Crippen molar-refractivity contribution in [2.75, 3.05) is 5.32 Å². The van der Waals surface area contributed by atoms with E-state index in [1.165, 1.54) is 0 Å². The number of hydrogen-bond acceptors (Lipinski definition) is 3. The van der Waals surface area contributed by atoms with Crippen molar-refractivity contribution in [2.24, 2.45) is 0 Å². The molecular formula is C10H8BrClN2O. The van der Waals surface area contributed by atoms with Gasteiger partial charge in [-0.3, -0.25) is 0 Å². The van der Waals surface area contributed by atoms with Gasteiger partial charge in [0.05, 0.1) is 18.2 Å². The first kappa shape index (κ1) is 10.5. The van der Waals surface area contributed by atoms with E-state index in [-0.39, 0.29) is 0 Å². The molecule has 2 rings (SSSR count). The van der Waals surface area contributed by atoms with Crippen LogP contribution in [0.4, 0.5) is 5.69 Å². The molecule has 15 heavy (non-hydrogen) atoms. The molecule has 0 fully saturated rings. The summed E-state index contributed by atoms with van der Waals surface area (Å²) in [5, 5.41) is 3.63. The molecule has 2 aromatic heterocycles. The fourth-order valence-electron chi connectivity index (χ4n) is 1.14. The van der Waals surface area contributed by atoms with E-state index in [9.17, 15) is 0 Å². The van der Waals surface area contributed by atoms with Gasteiger partial charge in [0.2, 0.25) is 0 Å². The van der Waals surface area contributed by atoms with Crippen molar-refractivity contribution in [3.05, 3.63) is 46.0 Å². The monoisotopic (exact) mass is 286 g/mol. The van der Waals surface area contributed by atoms with Crippen molar-refractivity contribution in [3.63, 3.8) is 0 Å². The average Bonchev–Trinajstić information content (AvgIpc) is 2.72. The van der Waals surface area contributed by atoms with Gasteiger partial charge in [-0.25, -0.2) is 4.98 Å². The highest BCUT2D eigenvalue weighted by molar-refractivity contribution is 9.10. The second-order valence-electron chi connectivity index (χ2n) is 2.98. The minimum Gasteiger partial charge on any atom is -0.472 e. The molecule has 0 aliphatic heterocycles. The van der Waals surface area contributed by atoms with Crippen LogP contribution in [0.5, 0.6) is 0 Å². The summed E-state index contributed by atoms with van der Waals surface area (Å²) in [4.78, 5) is 4.01. The summed E-state index contributed by atoms with van der Waals surface area (Å²) in [5.74, 6) is 0. The summed E-state index contributed by atoms with van der Waals surface area (Å²) in [6.07, 6.45) is 4.98. The number of hydrogen-bond donors (Lipinski definition) is 1.